The van der Waals surface area contributed by atoms with Crippen LogP contribution in [0.25, 0.3) is 16.5 Å². The summed E-state index contributed by atoms with van der Waals surface area (Å²) in [6, 6.07) is 5.27. The van der Waals surface area contributed by atoms with Crippen molar-refractivity contribution in [3.63, 3.8) is 0 Å². The molecule has 2 aliphatic heterocycles. The molecule has 35 heavy (non-hydrogen) atoms. The molecule has 2 atom stereocenters. The van der Waals surface area contributed by atoms with Crippen molar-refractivity contribution in [1.29, 1.82) is 4.78 Å². The Morgan fingerprint density at radius 3 is 2.69 bits per heavy atom. The molecule has 1 unspecified atom stereocenters. The lowest BCUT2D eigenvalue weighted by Gasteiger charge is -2.21. The first-order valence-corrected chi connectivity index (χ1v) is 13.3. The van der Waals surface area contributed by atoms with E-state index in [0.29, 0.717) is 36.5 Å². The molecule has 0 saturated heterocycles. The van der Waals surface area contributed by atoms with Crippen LogP contribution in [-0.4, -0.2) is 32.3 Å². The number of alkyl halides is 2. The molecule has 2 aliphatic rings. The van der Waals surface area contributed by atoms with Crippen LogP contribution in [0, 0.1) is 17.5 Å². The minimum absolute atomic E-state index is 0.122. The Labute approximate surface area is 201 Å². The SMILES string of the molecule is Cc1nc(N[C@H](C)c2cccc(C(F)F)c2F)c2cc(C3=CCS(=N)(=O)CC3)c3c(c2n1)CCO3. The molecular formula is C25H25F3N4O2S. The van der Waals surface area contributed by atoms with E-state index in [-0.39, 0.29) is 17.1 Å². The van der Waals surface area contributed by atoms with Gasteiger partial charge in [0.25, 0.3) is 6.43 Å². The first-order valence-electron chi connectivity index (χ1n) is 11.4. The lowest BCUT2D eigenvalue weighted by molar-refractivity contribution is 0.146. The summed E-state index contributed by atoms with van der Waals surface area (Å²) in [5.41, 5.74) is 2.98. The average Bonchev–Trinajstić information content (AvgIpc) is 3.29. The van der Waals surface area contributed by atoms with Crippen molar-refractivity contribution in [2.45, 2.75) is 39.2 Å². The van der Waals surface area contributed by atoms with Crippen molar-refractivity contribution < 1.29 is 22.1 Å². The molecule has 184 valence electrons. The van der Waals surface area contributed by atoms with Crippen LogP contribution < -0.4 is 10.1 Å². The maximum Gasteiger partial charge on any atom is 0.266 e. The van der Waals surface area contributed by atoms with Gasteiger partial charge in [0, 0.05) is 44.0 Å². The van der Waals surface area contributed by atoms with Crippen molar-refractivity contribution in [1.82, 2.24) is 9.97 Å². The third-order valence-corrected chi connectivity index (χ3v) is 8.08. The number of hydrogen-bond donors (Lipinski definition) is 2. The van der Waals surface area contributed by atoms with Gasteiger partial charge in [-0.3, -0.25) is 4.78 Å². The fourth-order valence-corrected chi connectivity index (χ4v) is 5.91. The number of hydrogen-bond acceptors (Lipinski definition) is 6. The second-order valence-electron chi connectivity index (χ2n) is 8.93. The maximum absolute atomic E-state index is 14.8. The number of aromatic nitrogens is 2. The van der Waals surface area contributed by atoms with E-state index in [0.717, 1.165) is 34.0 Å². The van der Waals surface area contributed by atoms with E-state index in [2.05, 4.69) is 15.3 Å². The van der Waals surface area contributed by atoms with Crippen LogP contribution in [0.1, 0.15) is 53.9 Å². The number of anilines is 1. The third-order valence-electron chi connectivity index (χ3n) is 6.51. The minimum atomic E-state index is -2.91. The third kappa shape index (κ3) is 4.35. The molecule has 2 aromatic carbocycles. The Hall–Kier alpha value is -3.14. The Kier molecular flexibility index (Phi) is 5.94. The zero-order valence-electron chi connectivity index (χ0n) is 19.3. The number of halogens is 3. The molecule has 0 bridgehead atoms. The van der Waals surface area contributed by atoms with Crippen LogP contribution in [-0.2, 0) is 16.1 Å². The standard InChI is InChI=1S/C25H25F3N4O2S/c1-13(16-4-3-5-17(21(16)26)24(27)28)30-25-20-12-19(15-7-10-35(29,33)11-8-15)23-18(6-9-34-23)22(20)31-14(2)32-25/h3-5,7,12-13,24,29H,6,8-11H2,1-2H3,(H,30,31,32)/t13-,35?/m1/s1. The van der Waals surface area contributed by atoms with Gasteiger partial charge in [-0.2, -0.15) is 0 Å². The van der Waals surface area contributed by atoms with Gasteiger partial charge < -0.3 is 10.1 Å². The number of aryl methyl sites for hydroxylation is 1. The normalized spacial score (nSPS) is 20.5. The molecule has 1 aromatic heterocycles. The highest BCUT2D eigenvalue weighted by atomic mass is 32.2. The fraction of sp³-hybridized carbons (Fsp3) is 0.360. The van der Waals surface area contributed by atoms with E-state index in [1.54, 1.807) is 13.8 Å². The molecule has 3 aromatic rings. The van der Waals surface area contributed by atoms with Crippen molar-refractivity contribution in [3.05, 3.63) is 64.2 Å². The predicted molar refractivity (Wildman–Crippen MR) is 130 cm³/mol. The summed E-state index contributed by atoms with van der Waals surface area (Å²) in [6.45, 7) is 3.97. The molecule has 3 heterocycles. The van der Waals surface area contributed by atoms with Crippen LogP contribution in [0.15, 0.2) is 30.3 Å². The Morgan fingerprint density at radius 2 is 1.97 bits per heavy atom. The quantitative estimate of drug-likeness (QED) is 0.450. The first kappa shape index (κ1) is 23.6. The average molecular weight is 503 g/mol. The monoisotopic (exact) mass is 502 g/mol. The van der Waals surface area contributed by atoms with Crippen LogP contribution in [0.5, 0.6) is 5.75 Å². The molecule has 10 heteroatoms. The number of nitrogens with one attached hydrogen (secondary N) is 2. The molecule has 5 rings (SSSR count). The van der Waals surface area contributed by atoms with Crippen LogP contribution in [0.2, 0.25) is 0 Å². The van der Waals surface area contributed by atoms with Crippen LogP contribution in [0.3, 0.4) is 0 Å². The molecular weight excluding hydrogens is 477 g/mol. The highest BCUT2D eigenvalue weighted by Crippen LogP contribution is 2.42. The van der Waals surface area contributed by atoms with Gasteiger partial charge in [0.05, 0.1) is 29.5 Å². The number of rotatable bonds is 5. The molecule has 0 aliphatic carbocycles. The number of fused-ring (bicyclic) bond motifs is 3. The van der Waals surface area contributed by atoms with E-state index in [1.807, 2.05) is 12.1 Å². The largest absolute Gasteiger partial charge is 0.492 e. The van der Waals surface area contributed by atoms with E-state index in [1.165, 1.54) is 12.1 Å². The van der Waals surface area contributed by atoms with Crippen molar-refractivity contribution >= 4 is 32.0 Å². The van der Waals surface area contributed by atoms with Crippen LogP contribution >= 0.6 is 0 Å². The summed E-state index contributed by atoms with van der Waals surface area (Å²) in [6.07, 6.45) is 0.106. The highest BCUT2D eigenvalue weighted by molar-refractivity contribution is 7.92. The van der Waals surface area contributed by atoms with Gasteiger partial charge in [-0.15, -0.1) is 0 Å². The van der Waals surface area contributed by atoms with Gasteiger partial charge in [0.15, 0.2) is 0 Å². The first-order chi connectivity index (χ1) is 16.6. The lowest BCUT2D eigenvalue weighted by Crippen LogP contribution is -2.14. The van der Waals surface area contributed by atoms with Crippen molar-refractivity contribution in [2.75, 3.05) is 23.4 Å². The van der Waals surface area contributed by atoms with Gasteiger partial charge in [0.2, 0.25) is 0 Å². The molecule has 0 fully saturated rings. The Bertz CT molecular complexity index is 1470. The summed E-state index contributed by atoms with van der Waals surface area (Å²) in [7, 11) is -2.60. The molecule has 0 amide bonds. The van der Waals surface area contributed by atoms with Gasteiger partial charge in [-0.25, -0.2) is 27.3 Å². The van der Waals surface area contributed by atoms with Gasteiger partial charge in [0.1, 0.15) is 23.2 Å². The zero-order valence-corrected chi connectivity index (χ0v) is 20.1. The van der Waals surface area contributed by atoms with E-state index in [9.17, 15) is 17.4 Å². The molecule has 0 radical (unpaired) electrons. The molecule has 6 nitrogen and oxygen atoms in total. The molecule has 0 saturated carbocycles. The van der Waals surface area contributed by atoms with Gasteiger partial charge in [-0.1, -0.05) is 24.3 Å². The van der Waals surface area contributed by atoms with Gasteiger partial charge >= 0.3 is 0 Å². The summed E-state index contributed by atoms with van der Waals surface area (Å²) in [4.78, 5) is 9.21. The summed E-state index contributed by atoms with van der Waals surface area (Å²) in [5.74, 6) is 1.29. The summed E-state index contributed by atoms with van der Waals surface area (Å²) in [5, 5.41) is 3.92. The highest BCUT2D eigenvalue weighted by Gasteiger charge is 2.27. The van der Waals surface area contributed by atoms with E-state index in [4.69, 9.17) is 9.52 Å². The smallest absolute Gasteiger partial charge is 0.266 e. The summed E-state index contributed by atoms with van der Waals surface area (Å²) >= 11 is 0. The Balaban J connectivity index is 1.62. The number of nitrogens with zero attached hydrogens (tertiary/aromatic N) is 2. The zero-order chi connectivity index (χ0) is 24.9. The predicted octanol–water partition coefficient (Wildman–Crippen LogP) is 5.96. The lowest BCUT2D eigenvalue weighted by atomic mass is 9.95. The molecule has 0 spiro atoms. The maximum atomic E-state index is 14.8. The van der Waals surface area contributed by atoms with E-state index < -0.39 is 33.6 Å². The van der Waals surface area contributed by atoms with E-state index >= 15 is 0 Å². The summed E-state index contributed by atoms with van der Waals surface area (Å²) < 4.78 is 67.3. The second-order valence-corrected chi connectivity index (χ2v) is 11.3. The van der Waals surface area contributed by atoms with Gasteiger partial charge in [-0.05, 0) is 31.9 Å². The number of allylic oxidation sites excluding steroid dienone is 1. The fourth-order valence-electron chi connectivity index (χ4n) is 4.72. The van der Waals surface area contributed by atoms with Crippen LogP contribution in [0.4, 0.5) is 19.0 Å². The second kappa shape index (κ2) is 8.82. The van der Waals surface area contributed by atoms with Crippen molar-refractivity contribution in [3.8, 4) is 5.75 Å². The number of ether oxygens (including phenoxy) is 1. The Morgan fingerprint density at radius 1 is 1.20 bits per heavy atom. The topological polar surface area (TPSA) is 88.0 Å². The minimum Gasteiger partial charge on any atom is -0.492 e. The number of benzene rings is 2. The van der Waals surface area contributed by atoms with Crippen molar-refractivity contribution in [2.24, 2.45) is 0 Å². The molecule has 2 N–H and O–H groups in total.